The van der Waals surface area contributed by atoms with Crippen LogP contribution in [0.5, 0.6) is 0 Å². The van der Waals surface area contributed by atoms with Crippen molar-refractivity contribution in [2.24, 2.45) is 5.92 Å². The molecule has 0 bridgehead atoms. The molecule has 1 heterocycles. The molecule has 1 atom stereocenters. The van der Waals surface area contributed by atoms with Gasteiger partial charge in [-0.3, -0.25) is 9.69 Å². The maximum absolute atomic E-state index is 12.5. The molecule has 3 rings (SSSR count). The molecule has 1 fully saturated rings. The number of hydrogen-bond acceptors (Lipinski definition) is 4. The number of hydrogen-bond donors (Lipinski definition) is 2. The van der Waals surface area contributed by atoms with E-state index in [4.69, 9.17) is 0 Å². The summed E-state index contributed by atoms with van der Waals surface area (Å²) in [5, 5.41) is 2.94. The Hall–Kier alpha value is -1.74. The number of aryl methyl sites for hydroxylation is 2. The van der Waals surface area contributed by atoms with E-state index >= 15 is 0 Å². The number of carbonyl (C=O) groups excluding carboxylic acids is 1. The van der Waals surface area contributed by atoms with Gasteiger partial charge in [0.05, 0.1) is 17.1 Å². The first-order valence-electron chi connectivity index (χ1n) is 10.1. The van der Waals surface area contributed by atoms with E-state index in [1.807, 2.05) is 32.0 Å². The lowest BCUT2D eigenvalue weighted by molar-refractivity contribution is -0.117. The Balaban J connectivity index is 1.51. The van der Waals surface area contributed by atoms with Crippen LogP contribution in [0.25, 0.3) is 0 Å². The number of sulfonamides is 1. The minimum atomic E-state index is -3.52. The maximum Gasteiger partial charge on any atom is 0.240 e. The number of nitrogens with zero attached hydrogens (tertiary/aromatic N) is 1. The predicted octanol–water partition coefficient (Wildman–Crippen LogP) is 3.69. The summed E-state index contributed by atoms with van der Waals surface area (Å²) in [5.41, 5.74) is 2.89. The number of rotatable bonds is 7. The van der Waals surface area contributed by atoms with Crippen molar-refractivity contribution in [1.29, 1.82) is 0 Å². The largest absolute Gasteiger partial charge is 0.324 e. The van der Waals surface area contributed by atoms with Gasteiger partial charge in [0, 0.05) is 17.6 Å². The second-order valence-corrected chi connectivity index (χ2v) is 10.6. The van der Waals surface area contributed by atoms with Gasteiger partial charge in [-0.05, 0) is 84.9 Å². The van der Waals surface area contributed by atoms with E-state index in [9.17, 15) is 13.2 Å². The third-order valence-electron chi connectivity index (χ3n) is 5.26. The van der Waals surface area contributed by atoms with Crippen molar-refractivity contribution in [2.45, 2.75) is 31.6 Å². The number of benzene rings is 2. The number of likely N-dealkylation sites (tertiary alicyclic amines) is 1. The Morgan fingerprint density at radius 1 is 1.13 bits per heavy atom. The molecule has 8 heteroatoms. The SMILES string of the molecule is Cc1ccc(S(=O)(=O)NCC2CCCN(CC(=O)Nc3ccc(C)cc3Br)C2)cc1. The molecule has 6 nitrogen and oxygen atoms in total. The molecule has 2 N–H and O–H groups in total. The van der Waals surface area contributed by atoms with E-state index < -0.39 is 10.0 Å². The summed E-state index contributed by atoms with van der Waals surface area (Å²) in [6, 6.07) is 12.6. The molecule has 0 radical (unpaired) electrons. The fourth-order valence-electron chi connectivity index (χ4n) is 3.60. The van der Waals surface area contributed by atoms with Crippen LogP contribution in [-0.4, -0.2) is 45.4 Å². The van der Waals surface area contributed by atoms with Crippen molar-refractivity contribution < 1.29 is 13.2 Å². The van der Waals surface area contributed by atoms with Crippen LogP contribution in [-0.2, 0) is 14.8 Å². The average Bonchev–Trinajstić information content (AvgIpc) is 2.69. The monoisotopic (exact) mass is 493 g/mol. The van der Waals surface area contributed by atoms with Crippen LogP contribution in [0.4, 0.5) is 5.69 Å². The maximum atomic E-state index is 12.5. The number of halogens is 1. The molecule has 162 valence electrons. The molecule has 1 aliphatic rings. The molecule has 30 heavy (non-hydrogen) atoms. The Labute approximate surface area is 187 Å². The summed E-state index contributed by atoms with van der Waals surface area (Å²) in [6.07, 6.45) is 1.89. The molecule has 1 unspecified atom stereocenters. The molecule has 0 aliphatic carbocycles. The molecular weight excluding hydrogens is 466 g/mol. The summed E-state index contributed by atoms with van der Waals surface area (Å²) < 4.78 is 28.6. The lowest BCUT2D eigenvalue weighted by atomic mass is 9.98. The van der Waals surface area contributed by atoms with E-state index in [1.165, 1.54) is 0 Å². The van der Waals surface area contributed by atoms with E-state index in [-0.39, 0.29) is 16.7 Å². The van der Waals surface area contributed by atoms with E-state index in [2.05, 4.69) is 30.9 Å². The zero-order valence-electron chi connectivity index (χ0n) is 17.3. The highest BCUT2D eigenvalue weighted by Gasteiger charge is 2.24. The van der Waals surface area contributed by atoms with Gasteiger partial charge in [0.1, 0.15) is 0 Å². The van der Waals surface area contributed by atoms with Crippen LogP contribution in [0, 0.1) is 19.8 Å². The Morgan fingerprint density at radius 2 is 1.83 bits per heavy atom. The minimum absolute atomic E-state index is 0.0690. The number of carbonyl (C=O) groups is 1. The van der Waals surface area contributed by atoms with Gasteiger partial charge < -0.3 is 5.32 Å². The number of nitrogens with one attached hydrogen (secondary N) is 2. The topological polar surface area (TPSA) is 78.5 Å². The van der Waals surface area contributed by atoms with Crippen LogP contribution in [0.15, 0.2) is 51.8 Å². The smallest absolute Gasteiger partial charge is 0.240 e. The van der Waals surface area contributed by atoms with Crippen LogP contribution in [0.3, 0.4) is 0 Å². The first-order chi connectivity index (χ1) is 14.2. The van der Waals surface area contributed by atoms with Crippen molar-refractivity contribution in [1.82, 2.24) is 9.62 Å². The van der Waals surface area contributed by atoms with E-state index in [0.29, 0.717) is 19.6 Å². The lowest BCUT2D eigenvalue weighted by Gasteiger charge is -2.32. The van der Waals surface area contributed by atoms with Crippen molar-refractivity contribution >= 4 is 37.5 Å². The van der Waals surface area contributed by atoms with Crippen LogP contribution in [0.2, 0.25) is 0 Å². The van der Waals surface area contributed by atoms with Gasteiger partial charge >= 0.3 is 0 Å². The zero-order valence-corrected chi connectivity index (χ0v) is 19.7. The van der Waals surface area contributed by atoms with Crippen molar-refractivity contribution in [3.05, 3.63) is 58.1 Å². The second kappa shape index (κ2) is 10.0. The third kappa shape index (κ3) is 6.38. The Bertz CT molecular complexity index is 993. The first kappa shape index (κ1) is 22.9. The van der Waals surface area contributed by atoms with Crippen LogP contribution >= 0.6 is 15.9 Å². The highest BCUT2D eigenvalue weighted by Crippen LogP contribution is 2.23. The van der Waals surface area contributed by atoms with Gasteiger partial charge in [-0.15, -0.1) is 0 Å². The van der Waals surface area contributed by atoms with Gasteiger partial charge in [-0.2, -0.15) is 0 Å². The molecule has 1 saturated heterocycles. The molecule has 0 spiro atoms. The molecule has 1 aliphatic heterocycles. The summed E-state index contributed by atoms with van der Waals surface area (Å²) in [6.45, 7) is 6.12. The van der Waals surface area contributed by atoms with Crippen LogP contribution in [0.1, 0.15) is 24.0 Å². The quantitative estimate of drug-likeness (QED) is 0.616. The number of anilines is 1. The molecule has 2 aromatic rings. The van der Waals surface area contributed by atoms with Gasteiger partial charge in [0.15, 0.2) is 0 Å². The van der Waals surface area contributed by atoms with Gasteiger partial charge in [0.2, 0.25) is 15.9 Å². The normalized spacial score (nSPS) is 17.6. The van der Waals surface area contributed by atoms with Crippen molar-refractivity contribution in [3.8, 4) is 0 Å². The standard InChI is InChI=1S/C22H28BrN3O3S/c1-16-5-8-19(9-6-16)30(28,29)24-13-18-4-3-11-26(14-18)15-22(27)25-21-10-7-17(2)12-20(21)23/h5-10,12,18,24H,3-4,11,13-15H2,1-2H3,(H,25,27). The van der Waals surface area contributed by atoms with E-state index in [0.717, 1.165) is 40.7 Å². The zero-order chi connectivity index (χ0) is 21.7. The van der Waals surface area contributed by atoms with Crippen molar-refractivity contribution in [2.75, 3.05) is 31.5 Å². The number of amides is 1. The highest BCUT2D eigenvalue weighted by atomic mass is 79.9. The van der Waals surface area contributed by atoms with Gasteiger partial charge in [0.25, 0.3) is 0 Å². The molecule has 1 amide bonds. The molecule has 0 aromatic heterocycles. The third-order valence-corrected chi connectivity index (χ3v) is 7.36. The predicted molar refractivity (Wildman–Crippen MR) is 123 cm³/mol. The fourth-order valence-corrected chi connectivity index (χ4v) is 5.31. The fraction of sp³-hybridized carbons (Fsp3) is 0.409. The Morgan fingerprint density at radius 3 is 2.53 bits per heavy atom. The summed E-state index contributed by atoms with van der Waals surface area (Å²) in [4.78, 5) is 14.8. The average molecular weight is 494 g/mol. The van der Waals surface area contributed by atoms with Crippen LogP contribution < -0.4 is 10.0 Å². The Kier molecular flexibility index (Phi) is 7.68. The first-order valence-corrected chi connectivity index (χ1v) is 12.4. The van der Waals surface area contributed by atoms with Crippen molar-refractivity contribution in [3.63, 3.8) is 0 Å². The highest BCUT2D eigenvalue weighted by molar-refractivity contribution is 9.10. The molecule has 2 aromatic carbocycles. The van der Waals surface area contributed by atoms with Gasteiger partial charge in [-0.25, -0.2) is 13.1 Å². The van der Waals surface area contributed by atoms with E-state index in [1.54, 1.807) is 24.3 Å². The molecular formula is C22H28BrN3O3S. The minimum Gasteiger partial charge on any atom is -0.324 e. The number of piperidine rings is 1. The second-order valence-electron chi connectivity index (χ2n) is 7.94. The summed E-state index contributed by atoms with van der Waals surface area (Å²) >= 11 is 3.48. The summed E-state index contributed by atoms with van der Waals surface area (Å²) in [5.74, 6) is 0.110. The lowest BCUT2D eigenvalue weighted by Crippen LogP contribution is -2.43. The van der Waals surface area contributed by atoms with Gasteiger partial charge in [-0.1, -0.05) is 23.8 Å². The summed E-state index contributed by atoms with van der Waals surface area (Å²) in [7, 11) is -3.52. The molecule has 0 saturated carbocycles.